The Bertz CT molecular complexity index is 1130. The minimum absolute atomic E-state index is 0.116. The van der Waals surface area contributed by atoms with Crippen LogP contribution in [0, 0.1) is 4.77 Å². The molecule has 1 atom stereocenters. The molecule has 0 fully saturated rings. The highest BCUT2D eigenvalue weighted by Gasteiger charge is 2.30. The minimum atomic E-state index is -0.435. The summed E-state index contributed by atoms with van der Waals surface area (Å²) in [6, 6.07) is 5.25. The summed E-state index contributed by atoms with van der Waals surface area (Å²) in [4.78, 5) is 16.2. The van der Waals surface area contributed by atoms with Crippen molar-refractivity contribution in [3.8, 4) is 5.88 Å². The fourth-order valence-corrected chi connectivity index (χ4v) is 3.90. The van der Waals surface area contributed by atoms with Gasteiger partial charge in [-0.3, -0.25) is 13.9 Å². The molecule has 1 aliphatic heterocycles. The highest BCUT2D eigenvalue weighted by atomic mass is 35.5. The third-order valence-corrected chi connectivity index (χ3v) is 5.65. The van der Waals surface area contributed by atoms with Crippen molar-refractivity contribution in [1.82, 2.24) is 19.4 Å². The quantitative estimate of drug-likeness (QED) is 0.570. The Hall–Kier alpha value is -2.09. The van der Waals surface area contributed by atoms with Crippen molar-refractivity contribution in [3.63, 3.8) is 0 Å². The van der Waals surface area contributed by atoms with E-state index >= 15 is 0 Å². The van der Waals surface area contributed by atoms with Gasteiger partial charge >= 0.3 is 0 Å². The topological polar surface area (TPSA) is 75.0 Å². The normalized spacial score (nSPS) is 17.0. The summed E-state index contributed by atoms with van der Waals surface area (Å²) in [6.07, 6.45) is 0.818. The Morgan fingerprint density at radius 2 is 2.08 bits per heavy atom. The number of rotatable bonds is 1. The van der Waals surface area contributed by atoms with E-state index in [-0.39, 0.29) is 21.8 Å². The minimum Gasteiger partial charge on any atom is -0.494 e. The first kappa shape index (κ1) is 16.4. The Balaban J connectivity index is 2.01. The second-order valence-corrected chi connectivity index (χ2v) is 7.09. The van der Waals surface area contributed by atoms with Crippen molar-refractivity contribution in [3.05, 3.63) is 55.2 Å². The van der Waals surface area contributed by atoms with E-state index in [1.54, 1.807) is 14.1 Å². The lowest BCUT2D eigenvalue weighted by atomic mass is 9.95. The van der Waals surface area contributed by atoms with Crippen LogP contribution in [0.2, 0.25) is 5.02 Å². The van der Waals surface area contributed by atoms with Crippen LogP contribution >= 0.6 is 23.8 Å². The number of nitrogens with zero attached hydrogens (tertiary/aromatic N) is 2. The summed E-state index contributed by atoms with van der Waals surface area (Å²) >= 11 is 11.3. The summed E-state index contributed by atoms with van der Waals surface area (Å²) in [5, 5.41) is 15.6. The van der Waals surface area contributed by atoms with Crippen LogP contribution < -0.4 is 10.9 Å². The molecule has 8 heteroatoms. The molecule has 0 aliphatic carbocycles. The summed E-state index contributed by atoms with van der Waals surface area (Å²) in [7, 11) is 3.26. The molecule has 3 heterocycles. The van der Waals surface area contributed by atoms with E-state index in [1.165, 1.54) is 9.13 Å². The number of fused-ring (bicyclic) bond motifs is 3. The van der Waals surface area contributed by atoms with E-state index in [9.17, 15) is 9.90 Å². The van der Waals surface area contributed by atoms with Crippen molar-refractivity contribution in [2.45, 2.75) is 12.5 Å². The van der Waals surface area contributed by atoms with Gasteiger partial charge in [0.1, 0.15) is 5.56 Å². The van der Waals surface area contributed by atoms with Gasteiger partial charge in [-0.25, -0.2) is 0 Å². The molecule has 0 spiro atoms. The van der Waals surface area contributed by atoms with Crippen LogP contribution in [-0.4, -0.2) is 25.8 Å². The first-order valence-corrected chi connectivity index (χ1v) is 8.71. The fourth-order valence-electron chi connectivity index (χ4n) is 3.56. The van der Waals surface area contributed by atoms with Gasteiger partial charge in [0, 0.05) is 42.3 Å². The molecule has 1 unspecified atom stereocenters. The van der Waals surface area contributed by atoms with Crippen molar-refractivity contribution < 1.29 is 5.11 Å². The first-order valence-electron chi connectivity index (χ1n) is 7.92. The number of aromatic nitrogens is 3. The molecule has 0 saturated heterocycles. The maximum atomic E-state index is 12.8. The van der Waals surface area contributed by atoms with E-state index in [2.05, 4.69) is 10.3 Å². The zero-order valence-electron chi connectivity index (χ0n) is 13.8. The van der Waals surface area contributed by atoms with Crippen LogP contribution in [0.5, 0.6) is 5.88 Å². The molecular weight excluding hydrogens is 360 g/mol. The Morgan fingerprint density at radius 3 is 2.84 bits per heavy atom. The van der Waals surface area contributed by atoms with Gasteiger partial charge in [-0.2, -0.15) is 0 Å². The van der Waals surface area contributed by atoms with Crippen LogP contribution in [0.25, 0.3) is 10.9 Å². The van der Waals surface area contributed by atoms with Gasteiger partial charge in [0.15, 0.2) is 4.77 Å². The largest absolute Gasteiger partial charge is 0.494 e. The molecule has 4 rings (SSSR count). The zero-order valence-corrected chi connectivity index (χ0v) is 15.3. The predicted octanol–water partition coefficient (Wildman–Crippen LogP) is 2.53. The highest BCUT2D eigenvalue weighted by molar-refractivity contribution is 7.71. The summed E-state index contributed by atoms with van der Waals surface area (Å²) in [5.41, 5.74) is 2.95. The summed E-state index contributed by atoms with van der Waals surface area (Å²) < 4.78 is 3.09. The molecule has 3 aromatic rings. The number of hydrogen-bond donors (Lipinski definition) is 3. The average molecular weight is 377 g/mol. The molecule has 0 radical (unpaired) electrons. The fraction of sp³-hybridized carbons (Fsp3) is 0.294. The van der Waals surface area contributed by atoms with Gasteiger partial charge in [0.25, 0.3) is 5.56 Å². The number of aromatic amines is 1. The highest BCUT2D eigenvalue weighted by Crippen LogP contribution is 2.35. The van der Waals surface area contributed by atoms with Crippen LogP contribution in [0.1, 0.15) is 22.9 Å². The van der Waals surface area contributed by atoms with Crippen molar-refractivity contribution in [2.75, 3.05) is 6.54 Å². The summed E-state index contributed by atoms with van der Waals surface area (Å²) in [5.74, 6) is -0.116. The first-order chi connectivity index (χ1) is 11.9. The van der Waals surface area contributed by atoms with Gasteiger partial charge in [0.05, 0.1) is 6.04 Å². The number of hydrogen-bond acceptors (Lipinski definition) is 4. The van der Waals surface area contributed by atoms with Gasteiger partial charge in [-0.05, 0) is 42.4 Å². The average Bonchev–Trinajstić information content (AvgIpc) is 2.97. The van der Waals surface area contributed by atoms with Gasteiger partial charge in [-0.1, -0.05) is 11.6 Å². The Kier molecular flexibility index (Phi) is 3.75. The van der Waals surface area contributed by atoms with E-state index in [1.807, 2.05) is 18.2 Å². The van der Waals surface area contributed by atoms with Crippen molar-refractivity contribution >= 4 is 34.7 Å². The number of aromatic hydroxyl groups is 1. The lowest BCUT2D eigenvalue weighted by Gasteiger charge is -2.25. The van der Waals surface area contributed by atoms with E-state index in [0.717, 1.165) is 28.6 Å². The molecule has 0 saturated carbocycles. The Labute approximate surface area is 153 Å². The maximum absolute atomic E-state index is 12.8. The van der Waals surface area contributed by atoms with Crippen molar-refractivity contribution in [2.24, 2.45) is 14.1 Å². The SMILES string of the molecule is Cn1c(O)c(C2NCCc3c2[nH]c2ccc(Cl)cc32)c(=O)n(C)c1=S. The monoisotopic (exact) mass is 376 g/mol. The van der Waals surface area contributed by atoms with E-state index in [4.69, 9.17) is 23.8 Å². The van der Waals surface area contributed by atoms with Gasteiger partial charge < -0.3 is 15.4 Å². The molecule has 0 amide bonds. The molecule has 1 aromatic carbocycles. The van der Waals surface area contributed by atoms with Crippen LogP contribution in [0.4, 0.5) is 0 Å². The number of nitrogens with one attached hydrogen (secondary N) is 2. The molecule has 130 valence electrons. The number of benzene rings is 1. The lowest BCUT2D eigenvalue weighted by Crippen LogP contribution is -2.37. The third-order valence-electron chi connectivity index (χ3n) is 4.87. The molecule has 2 aromatic heterocycles. The van der Waals surface area contributed by atoms with Crippen LogP contribution in [0.15, 0.2) is 23.0 Å². The van der Waals surface area contributed by atoms with Crippen LogP contribution in [-0.2, 0) is 20.5 Å². The smallest absolute Gasteiger partial charge is 0.263 e. The van der Waals surface area contributed by atoms with Gasteiger partial charge in [-0.15, -0.1) is 0 Å². The second-order valence-electron chi connectivity index (χ2n) is 6.29. The molecule has 1 aliphatic rings. The molecule has 0 bridgehead atoms. The predicted molar refractivity (Wildman–Crippen MR) is 100 cm³/mol. The molecule has 3 N–H and O–H groups in total. The van der Waals surface area contributed by atoms with E-state index < -0.39 is 6.04 Å². The lowest BCUT2D eigenvalue weighted by molar-refractivity contribution is 0.394. The zero-order chi connectivity index (χ0) is 17.9. The number of H-pyrrole nitrogens is 1. The Morgan fingerprint density at radius 1 is 1.32 bits per heavy atom. The molecule has 25 heavy (non-hydrogen) atoms. The standard InChI is InChI=1S/C17H17ClN4O2S/c1-21-15(23)12(16(24)22(2)17(21)25)14-13-9(5-6-19-14)10-7-8(18)3-4-11(10)20-13/h3-4,7,14,19-20,23H,5-6H2,1-2H3. The molecular formula is C17H17ClN4O2S. The molecule has 6 nitrogen and oxygen atoms in total. The third kappa shape index (κ3) is 2.34. The van der Waals surface area contributed by atoms with Crippen molar-refractivity contribution in [1.29, 1.82) is 0 Å². The van der Waals surface area contributed by atoms with Crippen LogP contribution in [0.3, 0.4) is 0 Å². The second kappa shape index (κ2) is 5.72. The number of halogens is 1. The van der Waals surface area contributed by atoms with E-state index in [0.29, 0.717) is 11.6 Å². The maximum Gasteiger partial charge on any atom is 0.263 e. The summed E-state index contributed by atoms with van der Waals surface area (Å²) in [6.45, 7) is 0.694. The van der Waals surface area contributed by atoms with Gasteiger partial charge in [0.2, 0.25) is 5.88 Å².